The third kappa shape index (κ3) is 5.30. The second kappa shape index (κ2) is 10.3. The van der Waals surface area contributed by atoms with Gasteiger partial charge < -0.3 is 19.9 Å². The van der Waals surface area contributed by atoms with E-state index in [4.69, 9.17) is 16.3 Å². The van der Waals surface area contributed by atoms with Crippen molar-refractivity contribution in [1.29, 1.82) is 0 Å². The van der Waals surface area contributed by atoms with E-state index in [0.717, 1.165) is 0 Å². The van der Waals surface area contributed by atoms with Gasteiger partial charge in [-0.1, -0.05) is 29.8 Å². The van der Waals surface area contributed by atoms with Crippen molar-refractivity contribution in [2.45, 2.75) is 32.2 Å². The Kier molecular flexibility index (Phi) is 7.18. The molecule has 0 saturated carbocycles. The molecule has 1 N–H and O–H groups in total. The van der Waals surface area contributed by atoms with Gasteiger partial charge in [-0.05, 0) is 50.1 Å². The number of ether oxygens (including phenoxy) is 1. The molecule has 0 aliphatic carbocycles. The van der Waals surface area contributed by atoms with Crippen LogP contribution in [0.3, 0.4) is 0 Å². The first kappa shape index (κ1) is 23.1. The molecule has 174 valence electrons. The van der Waals surface area contributed by atoms with Crippen LogP contribution in [0.25, 0.3) is 0 Å². The van der Waals surface area contributed by atoms with E-state index in [1.807, 2.05) is 25.1 Å². The number of likely N-dealkylation sites (tertiary alicyclic amines) is 1. The average molecular weight is 470 g/mol. The number of nitrogens with zero attached hydrogens (tertiary/aromatic N) is 2. The molecule has 2 aromatic carbocycles. The van der Waals surface area contributed by atoms with Gasteiger partial charge in [0, 0.05) is 42.8 Å². The largest absolute Gasteiger partial charge is 0.493 e. The van der Waals surface area contributed by atoms with Crippen molar-refractivity contribution in [1.82, 2.24) is 10.2 Å². The number of hydrogen-bond acceptors (Lipinski definition) is 4. The zero-order valence-electron chi connectivity index (χ0n) is 18.6. The Morgan fingerprint density at radius 2 is 1.88 bits per heavy atom. The molecule has 2 aliphatic heterocycles. The van der Waals surface area contributed by atoms with Crippen LogP contribution in [0.1, 0.15) is 36.5 Å². The number of carbonyl (C=O) groups is 3. The highest BCUT2D eigenvalue weighted by Crippen LogP contribution is 2.28. The van der Waals surface area contributed by atoms with Crippen molar-refractivity contribution in [3.63, 3.8) is 0 Å². The van der Waals surface area contributed by atoms with E-state index in [9.17, 15) is 14.4 Å². The Morgan fingerprint density at radius 3 is 2.61 bits per heavy atom. The minimum atomic E-state index is -0.394. The van der Waals surface area contributed by atoms with E-state index < -0.39 is 5.92 Å². The molecule has 2 saturated heterocycles. The molecule has 2 aliphatic rings. The number of hydrogen-bond donors (Lipinski definition) is 1. The van der Waals surface area contributed by atoms with Gasteiger partial charge in [-0.2, -0.15) is 0 Å². The quantitative estimate of drug-likeness (QED) is 0.702. The number of halogens is 1. The van der Waals surface area contributed by atoms with E-state index in [1.54, 1.807) is 40.1 Å². The zero-order chi connectivity index (χ0) is 23.4. The number of piperidine rings is 1. The average Bonchev–Trinajstić information content (AvgIpc) is 3.21. The Hall–Kier alpha value is -3.06. The summed E-state index contributed by atoms with van der Waals surface area (Å²) in [6, 6.07) is 14.4. The van der Waals surface area contributed by atoms with Crippen molar-refractivity contribution in [3.05, 3.63) is 59.1 Å². The van der Waals surface area contributed by atoms with Crippen LogP contribution < -0.4 is 15.0 Å². The molecule has 0 aromatic heterocycles. The van der Waals surface area contributed by atoms with Crippen molar-refractivity contribution in [2.24, 2.45) is 5.92 Å². The Balaban J connectivity index is 1.30. The normalized spacial score (nSPS) is 19.0. The van der Waals surface area contributed by atoms with Gasteiger partial charge in [0.2, 0.25) is 11.8 Å². The molecule has 0 spiro atoms. The van der Waals surface area contributed by atoms with Crippen LogP contribution in [0.15, 0.2) is 48.5 Å². The third-order valence-corrected chi connectivity index (χ3v) is 6.40. The SMILES string of the molecule is CCOc1ccccc1C(=O)N1CCC(NC(=O)[C@H]2CC(=O)N(c3cccc(Cl)c3)C2)CC1. The fraction of sp³-hybridized carbons (Fsp3) is 0.400. The third-order valence-electron chi connectivity index (χ3n) is 6.16. The summed E-state index contributed by atoms with van der Waals surface area (Å²) in [6.07, 6.45) is 1.53. The summed E-state index contributed by atoms with van der Waals surface area (Å²) >= 11 is 6.04. The topological polar surface area (TPSA) is 79.0 Å². The molecular weight excluding hydrogens is 442 g/mol. The highest BCUT2D eigenvalue weighted by Gasteiger charge is 2.36. The number of nitrogens with one attached hydrogen (secondary N) is 1. The Bertz CT molecular complexity index is 1040. The number of amides is 3. The van der Waals surface area contributed by atoms with Gasteiger partial charge in [-0.3, -0.25) is 14.4 Å². The standard InChI is InChI=1S/C25H28ClN3O4/c1-2-33-22-9-4-3-8-21(22)25(32)28-12-10-19(11-13-28)27-24(31)17-14-23(30)29(16-17)20-7-5-6-18(26)15-20/h3-9,15,17,19H,2,10-14,16H2,1H3,(H,27,31)/t17-/m0/s1. The van der Waals surface area contributed by atoms with Crippen LogP contribution in [0.4, 0.5) is 5.69 Å². The second-order valence-electron chi connectivity index (χ2n) is 8.39. The predicted molar refractivity (Wildman–Crippen MR) is 127 cm³/mol. The molecule has 1 atom stereocenters. The molecular formula is C25H28ClN3O4. The Morgan fingerprint density at radius 1 is 1.12 bits per heavy atom. The lowest BCUT2D eigenvalue weighted by Gasteiger charge is -2.33. The molecule has 7 nitrogen and oxygen atoms in total. The lowest BCUT2D eigenvalue weighted by atomic mass is 10.0. The van der Waals surface area contributed by atoms with Gasteiger partial charge in [-0.15, -0.1) is 0 Å². The monoisotopic (exact) mass is 469 g/mol. The van der Waals surface area contributed by atoms with Gasteiger partial charge in [-0.25, -0.2) is 0 Å². The first-order chi connectivity index (χ1) is 16.0. The molecule has 0 unspecified atom stereocenters. The van der Waals surface area contributed by atoms with E-state index >= 15 is 0 Å². The second-order valence-corrected chi connectivity index (χ2v) is 8.83. The highest BCUT2D eigenvalue weighted by atomic mass is 35.5. The van der Waals surface area contributed by atoms with Gasteiger partial charge in [0.25, 0.3) is 5.91 Å². The van der Waals surface area contributed by atoms with Crippen LogP contribution in [-0.2, 0) is 9.59 Å². The fourth-order valence-electron chi connectivity index (χ4n) is 4.42. The summed E-state index contributed by atoms with van der Waals surface area (Å²) in [4.78, 5) is 41.7. The van der Waals surface area contributed by atoms with E-state index in [1.165, 1.54) is 0 Å². The van der Waals surface area contributed by atoms with Crippen molar-refractivity contribution in [2.75, 3.05) is 31.1 Å². The van der Waals surface area contributed by atoms with E-state index in [0.29, 0.717) is 61.1 Å². The predicted octanol–water partition coefficient (Wildman–Crippen LogP) is 3.51. The maximum atomic E-state index is 13.0. The van der Waals surface area contributed by atoms with E-state index in [-0.39, 0.29) is 30.2 Å². The summed E-state index contributed by atoms with van der Waals surface area (Å²) in [6.45, 7) is 3.85. The summed E-state index contributed by atoms with van der Waals surface area (Å²) in [7, 11) is 0. The number of benzene rings is 2. The smallest absolute Gasteiger partial charge is 0.257 e. The maximum Gasteiger partial charge on any atom is 0.257 e. The molecule has 3 amide bonds. The van der Waals surface area contributed by atoms with Gasteiger partial charge in [0.05, 0.1) is 18.1 Å². The maximum absolute atomic E-state index is 13.0. The fourth-order valence-corrected chi connectivity index (χ4v) is 4.60. The molecule has 8 heteroatoms. The first-order valence-corrected chi connectivity index (χ1v) is 11.7. The van der Waals surface area contributed by atoms with Gasteiger partial charge in [0.15, 0.2) is 0 Å². The molecule has 2 aromatic rings. The summed E-state index contributed by atoms with van der Waals surface area (Å²) in [5, 5.41) is 3.64. The van der Waals surface area contributed by atoms with Crippen LogP contribution in [0.2, 0.25) is 5.02 Å². The van der Waals surface area contributed by atoms with Crippen molar-refractivity contribution < 1.29 is 19.1 Å². The molecule has 2 heterocycles. The number of anilines is 1. The molecule has 33 heavy (non-hydrogen) atoms. The van der Waals surface area contributed by atoms with Crippen LogP contribution in [0, 0.1) is 5.92 Å². The molecule has 0 bridgehead atoms. The molecule has 0 radical (unpaired) electrons. The number of rotatable bonds is 6. The van der Waals surface area contributed by atoms with E-state index in [2.05, 4.69) is 5.32 Å². The Labute approximate surface area is 198 Å². The zero-order valence-corrected chi connectivity index (χ0v) is 19.4. The van der Waals surface area contributed by atoms with Crippen molar-refractivity contribution in [3.8, 4) is 5.75 Å². The summed E-state index contributed by atoms with van der Waals surface area (Å²) in [5.41, 5.74) is 1.27. The van der Waals surface area contributed by atoms with Crippen LogP contribution in [0.5, 0.6) is 5.75 Å². The first-order valence-electron chi connectivity index (χ1n) is 11.3. The van der Waals surface area contributed by atoms with Gasteiger partial charge >= 0.3 is 0 Å². The van der Waals surface area contributed by atoms with Crippen molar-refractivity contribution >= 4 is 35.0 Å². The lowest BCUT2D eigenvalue weighted by Crippen LogP contribution is -2.48. The van der Waals surface area contributed by atoms with Gasteiger partial charge in [0.1, 0.15) is 5.75 Å². The lowest BCUT2D eigenvalue weighted by molar-refractivity contribution is -0.127. The number of para-hydroxylation sites is 1. The van der Waals surface area contributed by atoms with Crippen LogP contribution >= 0.6 is 11.6 Å². The van der Waals surface area contributed by atoms with Crippen LogP contribution in [-0.4, -0.2) is 54.9 Å². The minimum Gasteiger partial charge on any atom is -0.493 e. The highest BCUT2D eigenvalue weighted by molar-refractivity contribution is 6.31. The summed E-state index contributed by atoms with van der Waals surface area (Å²) < 4.78 is 5.59. The minimum absolute atomic E-state index is 0.0148. The summed E-state index contributed by atoms with van der Waals surface area (Å²) in [5.74, 6) is -0.0441. The molecule has 2 fully saturated rings. The molecule has 4 rings (SSSR count). The number of carbonyl (C=O) groups excluding carboxylic acids is 3.